The molecule has 0 saturated carbocycles. The highest BCUT2D eigenvalue weighted by Crippen LogP contribution is 2.13. The molecule has 0 aliphatic rings. The highest BCUT2D eigenvalue weighted by Gasteiger charge is 2.13. The average Bonchev–Trinajstić information content (AvgIpc) is 2.97. The Labute approximate surface area is 146 Å². The third-order valence-corrected chi connectivity index (χ3v) is 3.57. The summed E-state index contributed by atoms with van der Waals surface area (Å²) in [7, 11) is 0. The molecule has 0 saturated heterocycles. The molecule has 0 aliphatic heterocycles. The van der Waals surface area contributed by atoms with Gasteiger partial charge in [-0.15, -0.1) is 0 Å². The second kappa shape index (κ2) is 7.78. The smallest absolute Gasteiger partial charge is 0.287 e. The van der Waals surface area contributed by atoms with Gasteiger partial charge in [-0.2, -0.15) is 0 Å². The highest BCUT2D eigenvalue weighted by molar-refractivity contribution is 9.10. The van der Waals surface area contributed by atoms with Crippen LogP contribution in [-0.2, 0) is 4.79 Å². The number of halogens is 1. The van der Waals surface area contributed by atoms with Crippen molar-refractivity contribution in [3.63, 3.8) is 0 Å². The van der Waals surface area contributed by atoms with Crippen LogP contribution in [0, 0.1) is 13.8 Å². The Hall–Kier alpha value is -2.61. The number of aryl methyl sites for hydroxylation is 2. The van der Waals surface area contributed by atoms with E-state index in [1.54, 1.807) is 12.1 Å². The van der Waals surface area contributed by atoms with Gasteiger partial charge in [0.2, 0.25) is 0 Å². The maximum Gasteiger partial charge on any atom is 0.287 e. The third kappa shape index (κ3) is 4.69. The maximum atomic E-state index is 12.0. The molecule has 0 aliphatic carbocycles. The molecule has 1 aromatic heterocycles. The Morgan fingerprint density at radius 3 is 2.42 bits per heavy atom. The Morgan fingerprint density at radius 1 is 1.04 bits per heavy atom. The van der Waals surface area contributed by atoms with E-state index in [9.17, 15) is 14.4 Å². The number of carbonyl (C=O) groups is 3. The Balaban J connectivity index is 1.80. The van der Waals surface area contributed by atoms with Crippen molar-refractivity contribution in [2.45, 2.75) is 13.8 Å². The van der Waals surface area contributed by atoms with Crippen LogP contribution in [0.5, 0.6) is 0 Å². The first-order valence-electron chi connectivity index (χ1n) is 7.07. The van der Waals surface area contributed by atoms with Crippen molar-refractivity contribution < 1.29 is 18.8 Å². The number of nitrogens with one attached hydrogen (secondary N) is 3. The lowest BCUT2D eigenvalue weighted by Gasteiger charge is -2.10. The summed E-state index contributed by atoms with van der Waals surface area (Å²) in [6, 6.07) is 8.41. The first kappa shape index (κ1) is 17.7. The van der Waals surface area contributed by atoms with Gasteiger partial charge in [0, 0.05) is 5.56 Å². The van der Waals surface area contributed by atoms with E-state index in [1.165, 1.54) is 6.07 Å². The summed E-state index contributed by atoms with van der Waals surface area (Å²) in [4.78, 5) is 35.4. The van der Waals surface area contributed by atoms with Crippen molar-refractivity contribution in [1.82, 2.24) is 16.2 Å². The molecule has 8 heteroatoms. The molecule has 1 heterocycles. The highest BCUT2D eigenvalue weighted by atomic mass is 79.9. The van der Waals surface area contributed by atoms with Gasteiger partial charge in [-0.1, -0.05) is 17.7 Å². The fourth-order valence-electron chi connectivity index (χ4n) is 1.99. The number of furan rings is 1. The lowest BCUT2D eigenvalue weighted by molar-refractivity contribution is -0.120. The minimum Gasteiger partial charge on any atom is -0.444 e. The van der Waals surface area contributed by atoms with Gasteiger partial charge in [0.05, 0.1) is 6.54 Å². The van der Waals surface area contributed by atoms with Gasteiger partial charge in [0.15, 0.2) is 10.4 Å². The molecule has 0 atom stereocenters. The second-order valence-electron chi connectivity index (χ2n) is 5.11. The summed E-state index contributed by atoms with van der Waals surface area (Å²) in [6.07, 6.45) is 0. The van der Waals surface area contributed by atoms with Crippen LogP contribution in [0.1, 0.15) is 32.0 Å². The maximum absolute atomic E-state index is 12.0. The van der Waals surface area contributed by atoms with Gasteiger partial charge in [-0.05, 0) is 53.5 Å². The molecule has 0 spiro atoms. The first-order chi connectivity index (χ1) is 11.4. The fourth-order valence-corrected chi connectivity index (χ4v) is 2.30. The van der Waals surface area contributed by atoms with E-state index in [2.05, 4.69) is 32.1 Å². The van der Waals surface area contributed by atoms with Crippen molar-refractivity contribution in [2.24, 2.45) is 0 Å². The molecule has 2 aromatic rings. The van der Waals surface area contributed by atoms with E-state index >= 15 is 0 Å². The molecule has 24 heavy (non-hydrogen) atoms. The Morgan fingerprint density at radius 2 is 1.79 bits per heavy atom. The van der Waals surface area contributed by atoms with Crippen LogP contribution < -0.4 is 16.2 Å². The zero-order valence-corrected chi connectivity index (χ0v) is 14.7. The molecule has 3 amide bonds. The van der Waals surface area contributed by atoms with Gasteiger partial charge < -0.3 is 9.73 Å². The summed E-state index contributed by atoms with van der Waals surface area (Å²) in [6.45, 7) is 3.44. The van der Waals surface area contributed by atoms with Crippen LogP contribution in [0.2, 0.25) is 0 Å². The number of amides is 3. The minimum absolute atomic E-state index is 0.0778. The molecular weight excluding hydrogens is 378 g/mol. The molecule has 0 radical (unpaired) electrons. The van der Waals surface area contributed by atoms with Crippen molar-refractivity contribution in [2.75, 3.05) is 6.54 Å². The number of hydrogen-bond acceptors (Lipinski definition) is 4. The SMILES string of the molecule is Cc1ccc(C(=O)NNC(=O)CNC(=O)c2ccc(Br)o2)c(C)c1. The first-order valence-corrected chi connectivity index (χ1v) is 7.86. The second-order valence-corrected chi connectivity index (χ2v) is 5.89. The van der Waals surface area contributed by atoms with E-state index in [-0.39, 0.29) is 12.3 Å². The van der Waals surface area contributed by atoms with Crippen molar-refractivity contribution in [1.29, 1.82) is 0 Å². The zero-order chi connectivity index (χ0) is 17.7. The summed E-state index contributed by atoms with van der Waals surface area (Å²) in [5.41, 5.74) is 6.86. The van der Waals surface area contributed by atoms with E-state index in [0.29, 0.717) is 10.2 Å². The van der Waals surface area contributed by atoms with Crippen LogP contribution in [0.4, 0.5) is 0 Å². The van der Waals surface area contributed by atoms with Crippen LogP contribution in [-0.4, -0.2) is 24.3 Å². The number of hydrogen-bond donors (Lipinski definition) is 3. The van der Waals surface area contributed by atoms with Gasteiger partial charge in [-0.25, -0.2) is 0 Å². The van der Waals surface area contributed by atoms with Crippen molar-refractivity contribution in [3.8, 4) is 0 Å². The van der Waals surface area contributed by atoms with E-state index < -0.39 is 17.7 Å². The zero-order valence-electron chi connectivity index (χ0n) is 13.1. The standard InChI is InChI=1S/C16H16BrN3O4/c1-9-3-4-11(10(2)7-9)15(22)20-19-14(21)8-18-16(23)12-5-6-13(17)24-12/h3-7H,8H2,1-2H3,(H,18,23)(H,19,21)(H,20,22). The predicted octanol–water partition coefficient (Wildman–Crippen LogP) is 1.85. The molecule has 3 N–H and O–H groups in total. The fraction of sp³-hybridized carbons (Fsp3) is 0.188. The average molecular weight is 394 g/mol. The summed E-state index contributed by atoms with van der Waals surface area (Å²) >= 11 is 3.08. The van der Waals surface area contributed by atoms with Gasteiger partial charge in [0.1, 0.15) is 0 Å². The van der Waals surface area contributed by atoms with Crippen LogP contribution in [0.15, 0.2) is 39.4 Å². The van der Waals surface area contributed by atoms with Crippen LogP contribution >= 0.6 is 15.9 Å². The molecular formula is C16H16BrN3O4. The molecule has 1 aromatic carbocycles. The topological polar surface area (TPSA) is 100 Å². The van der Waals surface area contributed by atoms with E-state index in [0.717, 1.165) is 11.1 Å². The van der Waals surface area contributed by atoms with Crippen LogP contribution in [0.25, 0.3) is 0 Å². The van der Waals surface area contributed by atoms with Crippen LogP contribution in [0.3, 0.4) is 0 Å². The van der Waals surface area contributed by atoms with E-state index in [1.807, 2.05) is 26.0 Å². The molecule has 7 nitrogen and oxygen atoms in total. The third-order valence-electron chi connectivity index (χ3n) is 3.15. The lowest BCUT2D eigenvalue weighted by atomic mass is 10.1. The minimum atomic E-state index is -0.563. The summed E-state index contributed by atoms with van der Waals surface area (Å²) < 4.78 is 5.47. The monoisotopic (exact) mass is 393 g/mol. The number of rotatable bonds is 4. The Bertz CT molecular complexity index is 785. The summed E-state index contributed by atoms with van der Waals surface area (Å²) in [5, 5.41) is 2.38. The van der Waals surface area contributed by atoms with Gasteiger partial charge in [-0.3, -0.25) is 25.2 Å². The number of carbonyl (C=O) groups excluding carboxylic acids is 3. The van der Waals surface area contributed by atoms with Gasteiger partial charge >= 0.3 is 0 Å². The van der Waals surface area contributed by atoms with Gasteiger partial charge in [0.25, 0.3) is 17.7 Å². The largest absolute Gasteiger partial charge is 0.444 e. The number of benzene rings is 1. The normalized spacial score (nSPS) is 10.1. The number of hydrazine groups is 1. The van der Waals surface area contributed by atoms with Crippen molar-refractivity contribution >= 4 is 33.7 Å². The lowest BCUT2D eigenvalue weighted by Crippen LogP contribution is -2.46. The van der Waals surface area contributed by atoms with E-state index in [4.69, 9.17) is 4.42 Å². The van der Waals surface area contributed by atoms with Crippen molar-refractivity contribution in [3.05, 3.63) is 57.5 Å². The Kier molecular flexibility index (Phi) is 5.75. The molecule has 0 bridgehead atoms. The molecule has 0 unspecified atom stereocenters. The molecule has 0 fully saturated rings. The molecule has 2 rings (SSSR count). The molecule has 126 valence electrons. The summed E-state index contributed by atoms with van der Waals surface area (Å²) in [5.74, 6) is -1.44. The predicted molar refractivity (Wildman–Crippen MR) is 90.3 cm³/mol. The quantitative estimate of drug-likeness (QED) is 0.689.